The average Bonchev–Trinajstić information content (AvgIpc) is 2.14. The first kappa shape index (κ1) is 13.4. The van der Waals surface area contributed by atoms with Crippen LogP contribution in [0.1, 0.15) is 26.3 Å². The van der Waals surface area contributed by atoms with E-state index in [4.69, 9.17) is 10.5 Å². The highest BCUT2D eigenvalue weighted by atomic mass is 16.5. The van der Waals surface area contributed by atoms with Gasteiger partial charge in [-0.3, -0.25) is 0 Å². The summed E-state index contributed by atoms with van der Waals surface area (Å²) >= 11 is 0. The highest BCUT2D eigenvalue weighted by Gasteiger charge is 2.14. The van der Waals surface area contributed by atoms with Gasteiger partial charge in [0.05, 0.1) is 6.61 Å². The first-order chi connectivity index (χ1) is 7.87. The molecule has 0 bridgehead atoms. The number of nitrogens with one attached hydrogen (secondary N) is 1. The van der Waals surface area contributed by atoms with Crippen LogP contribution in [0.25, 0.3) is 0 Å². The number of rotatable bonds is 3. The van der Waals surface area contributed by atoms with E-state index in [1.54, 1.807) is 0 Å². The predicted octanol–water partition coefficient (Wildman–Crippen LogP) is 2.34. The second-order valence-electron chi connectivity index (χ2n) is 5.01. The van der Waals surface area contributed by atoms with Crippen molar-refractivity contribution in [3.05, 3.63) is 29.8 Å². The summed E-state index contributed by atoms with van der Waals surface area (Å²) in [7, 11) is 0. The summed E-state index contributed by atoms with van der Waals surface area (Å²) in [6, 6.07) is 7.56. The molecule has 0 saturated heterocycles. The molecule has 0 saturated carbocycles. The van der Waals surface area contributed by atoms with Gasteiger partial charge in [0.1, 0.15) is 0 Å². The van der Waals surface area contributed by atoms with Gasteiger partial charge in [0.15, 0.2) is 0 Å². The Kier molecular flexibility index (Phi) is 4.37. The second-order valence-corrected chi connectivity index (χ2v) is 5.01. The number of ether oxygens (including phenoxy) is 1. The standard InChI is InChI=1S/C13H20N2O2/c1-13(2,3)15-12(16)17-8-7-10-5-4-6-11(14)9-10/h4-6,9H,7-8,14H2,1-3H3,(H,15,16). The van der Waals surface area contributed by atoms with Crippen LogP contribution in [0.3, 0.4) is 0 Å². The van der Waals surface area contributed by atoms with E-state index in [0.717, 1.165) is 11.3 Å². The van der Waals surface area contributed by atoms with E-state index in [2.05, 4.69) is 5.32 Å². The van der Waals surface area contributed by atoms with E-state index in [0.29, 0.717) is 13.0 Å². The first-order valence-electron chi connectivity index (χ1n) is 5.66. The monoisotopic (exact) mass is 236 g/mol. The molecule has 1 amide bonds. The van der Waals surface area contributed by atoms with Crippen molar-refractivity contribution in [1.82, 2.24) is 5.32 Å². The number of benzene rings is 1. The summed E-state index contributed by atoms with van der Waals surface area (Å²) in [5, 5.41) is 2.73. The molecule has 0 aliphatic carbocycles. The van der Waals surface area contributed by atoms with Gasteiger partial charge in [0.2, 0.25) is 0 Å². The van der Waals surface area contributed by atoms with Crippen LogP contribution in [-0.2, 0) is 11.2 Å². The maximum absolute atomic E-state index is 11.4. The summed E-state index contributed by atoms with van der Waals surface area (Å²) in [5.41, 5.74) is 7.17. The Morgan fingerprint density at radius 1 is 1.41 bits per heavy atom. The minimum Gasteiger partial charge on any atom is -0.449 e. The van der Waals surface area contributed by atoms with E-state index in [-0.39, 0.29) is 11.6 Å². The number of hydrogen-bond acceptors (Lipinski definition) is 3. The van der Waals surface area contributed by atoms with Crippen molar-refractivity contribution in [2.24, 2.45) is 0 Å². The topological polar surface area (TPSA) is 64.3 Å². The maximum Gasteiger partial charge on any atom is 0.407 e. The lowest BCUT2D eigenvalue weighted by Gasteiger charge is -2.19. The van der Waals surface area contributed by atoms with Gasteiger partial charge >= 0.3 is 6.09 Å². The van der Waals surface area contributed by atoms with E-state index in [9.17, 15) is 4.79 Å². The zero-order valence-electron chi connectivity index (χ0n) is 10.6. The largest absolute Gasteiger partial charge is 0.449 e. The highest BCUT2D eigenvalue weighted by molar-refractivity contribution is 5.68. The summed E-state index contributed by atoms with van der Waals surface area (Å²) in [6.45, 7) is 6.08. The molecule has 0 atom stereocenters. The van der Waals surface area contributed by atoms with Crippen molar-refractivity contribution in [2.75, 3.05) is 12.3 Å². The van der Waals surface area contributed by atoms with Gasteiger partial charge in [0, 0.05) is 17.6 Å². The number of nitrogens with two attached hydrogens (primary N) is 1. The molecule has 1 rings (SSSR count). The molecule has 94 valence electrons. The zero-order valence-corrected chi connectivity index (χ0v) is 10.6. The van der Waals surface area contributed by atoms with Crippen LogP contribution in [0.15, 0.2) is 24.3 Å². The van der Waals surface area contributed by atoms with Crippen LogP contribution >= 0.6 is 0 Å². The van der Waals surface area contributed by atoms with Gasteiger partial charge in [-0.15, -0.1) is 0 Å². The van der Waals surface area contributed by atoms with E-state index < -0.39 is 0 Å². The molecular formula is C13H20N2O2. The van der Waals surface area contributed by atoms with Crippen LogP contribution < -0.4 is 11.1 Å². The number of amides is 1. The lowest BCUT2D eigenvalue weighted by Crippen LogP contribution is -2.41. The number of anilines is 1. The fourth-order valence-electron chi connectivity index (χ4n) is 1.35. The molecule has 0 unspecified atom stereocenters. The lowest BCUT2D eigenvalue weighted by molar-refractivity contribution is 0.139. The smallest absolute Gasteiger partial charge is 0.407 e. The van der Waals surface area contributed by atoms with Crippen molar-refractivity contribution in [1.29, 1.82) is 0 Å². The minimum absolute atomic E-state index is 0.270. The van der Waals surface area contributed by atoms with Gasteiger partial charge in [-0.2, -0.15) is 0 Å². The Bertz CT molecular complexity index is 383. The number of alkyl carbamates (subject to hydrolysis) is 1. The quantitative estimate of drug-likeness (QED) is 0.792. The number of nitrogen functional groups attached to an aromatic ring is 1. The molecule has 17 heavy (non-hydrogen) atoms. The zero-order chi connectivity index (χ0) is 12.9. The third kappa shape index (κ3) is 5.80. The molecule has 0 aliphatic rings. The summed E-state index contributed by atoms with van der Waals surface area (Å²) in [5.74, 6) is 0. The van der Waals surface area contributed by atoms with Crippen molar-refractivity contribution >= 4 is 11.8 Å². The van der Waals surface area contributed by atoms with Gasteiger partial charge in [-0.25, -0.2) is 4.79 Å². The Hall–Kier alpha value is -1.71. The minimum atomic E-state index is -0.388. The summed E-state index contributed by atoms with van der Waals surface area (Å²) in [6.07, 6.45) is 0.282. The Balaban J connectivity index is 2.31. The molecule has 1 aromatic rings. The number of hydrogen-bond donors (Lipinski definition) is 2. The fourth-order valence-corrected chi connectivity index (χ4v) is 1.35. The van der Waals surface area contributed by atoms with Gasteiger partial charge in [-0.1, -0.05) is 12.1 Å². The number of carbonyl (C=O) groups excluding carboxylic acids is 1. The van der Waals surface area contributed by atoms with Crippen LogP contribution in [-0.4, -0.2) is 18.2 Å². The summed E-state index contributed by atoms with van der Waals surface area (Å²) < 4.78 is 5.07. The van der Waals surface area contributed by atoms with Gasteiger partial charge in [-0.05, 0) is 38.5 Å². The molecule has 3 N–H and O–H groups in total. The van der Waals surface area contributed by atoms with Crippen LogP contribution in [0, 0.1) is 0 Å². The molecule has 4 heteroatoms. The molecule has 0 radical (unpaired) electrons. The molecule has 4 nitrogen and oxygen atoms in total. The SMILES string of the molecule is CC(C)(C)NC(=O)OCCc1cccc(N)c1. The van der Waals surface area contributed by atoms with Crippen molar-refractivity contribution in [3.8, 4) is 0 Å². The molecule has 0 heterocycles. The predicted molar refractivity (Wildman–Crippen MR) is 68.8 cm³/mol. The van der Waals surface area contributed by atoms with E-state index >= 15 is 0 Å². The van der Waals surface area contributed by atoms with Crippen molar-refractivity contribution in [2.45, 2.75) is 32.7 Å². The van der Waals surface area contributed by atoms with Crippen LogP contribution in [0.2, 0.25) is 0 Å². The highest BCUT2D eigenvalue weighted by Crippen LogP contribution is 2.07. The van der Waals surface area contributed by atoms with Crippen LogP contribution in [0.5, 0.6) is 0 Å². The Labute approximate surface area is 102 Å². The average molecular weight is 236 g/mol. The van der Waals surface area contributed by atoms with Gasteiger partial charge in [0.25, 0.3) is 0 Å². The normalized spacial score (nSPS) is 11.0. The first-order valence-corrected chi connectivity index (χ1v) is 5.66. The molecule has 0 fully saturated rings. The molecule has 1 aromatic carbocycles. The molecule has 0 spiro atoms. The van der Waals surface area contributed by atoms with E-state index in [1.165, 1.54) is 0 Å². The fraction of sp³-hybridized carbons (Fsp3) is 0.462. The van der Waals surface area contributed by atoms with Gasteiger partial charge < -0.3 is 15.8 Å². The van der Waals surface area contributed by atoms with E-state index in [1.807, 2.05) is 45.0 Å². The van der Waals surface area contributed by atoms with Crippen molar-refractivity contribution < 1.29 is 9.53 Å². The Morgan fingerprint density at radius 3 is 2.71 bits per heavy atom. The lowest BCUT2D eigenvalue weighted by atomic mass is 10.1. The number of carbonyl (C=O) groups is 1. The van der Waals surface area contributed by atoms with Crippen molar-refractivity contribution in [3.63, 3.8) is 0 Å². The third-order valence-electron chi connectivity index (χ3n) is 2.05. The maximum atomic E-state index is 11.4. The third-order valence-corrected chi connectivity index (χ3v) is 2.05. The second kappa shape index (κ2) is 5.57. The molecular weight excluding hydrogens is 216 g/mol. The van der Waals surface area contributed by atoms with Crippen LogP contribution in [0.4, 0.5) is 10.5 Å². The molecule has 0 aliphatic heterocycles. The Morgan fingerprint density at radius 2 is 2.12 bits per heavy atom. The molecule has 0 aromatic heterocycles. The summed E-state index contributed by atoms with van der Waals surface area (Å²) in [4.78, 5) is 11.4.